The van der Waals surface area contributed by atoms with Crippen LogP contribution in [0.1, 0.15) is 92.9 Å². The van der Waals surface area contributed by atoms with E-state index in [4.69, 9.17) is 4.74 Å². The molecule has 2 aliphatic carbocycles. The summed E-state index contributed by atoms with van der Waals surface area (Å²) in [4.78, 5) is 69.5. The summed E-state index contributed by atoms with van der Waals surface area (Å²) in [7, 11) is -3.52. The van der Waals surface area contributed by atoms with Crippen molar-refractivity contribution < 1.29 is 37.1 Å². The van der Waals surface area contributed by atoms with Crippen molar-refractivity contribution in [3.8, 4) is 0 Å². The van der Waals surface area contributed by atoms with Crippen LogP contribution in [0, 0.1) is 22.7 Å². The number of hydrogen-bond acceptors (Lipinski definition) is 8. The summed E-state index contributed by atoms with van der Waals surface area (Å²) in [6, 6.07) is -3.64. The van der Waals surface area contributed by atoms with Gasteiger partial charge in [-0.2, -0.15) is 0 Å². The summed E-state index contributed by atoms with van der Waals surface area (Å²) in [5.74, 6) is -2.72. The minimum atomic E-state index is -3.52. The molecule has 6 atom stereocenters. The van der Waals surface area contributed by atoms with Gasteiger partial charge in [-0.15, -0.1) is 6.58 Å². The van der Waals surface area contributed by atoms with Gasteiger partial charge in [0.25, 0.3) is 5.91 Å². The molecule has 276 valence electrons. The average molecular weight is 708 g/mol. The van der Waals surface area contributed by atoms with E-state index in [1.54, 1.807) is 0 Å². The molecule has 14 heteroatoms. The van der Waals surface area contributed by atoms with Crippen LogP contribution in [-0.2, 0) is 33.8 Å². The highest BCUT2D eigenvalue weighted by molar-refractivity contribution is 7.92. The van der Waals surface area contributed by atoms with Crippen LogP contribution in [0.25, 0.3) is 0 Å². The van der Waals surface area contributed by atoms with E-state index in [9.17, 15) is 32.4 Å². The molecule has 4 rings (SSSR count). The number of piperidine rings is 1. The minimum absolute atomic E-state index is 0.00500. The van der Waals surface area contributed by atoms with Gasteiger partial charge in [-0.25, -0.2) is 13.2 Å². The van der Waals surface area contributed by atoms with Gasteiger partial charge in [-0.1, -0.05) is 79.7 Å². The van der Waals surface area contributed by atoms with Gasteiger partial charge >= 0.3 is 6.03 Å². The van der Waals surface area contributed by atoms with Gasteiger partial charge in [-0.05, 0) is 41.9 Å². The van der Waals surface area contributed by atoms with Gasteiger partial charge in [0, 0.05) is 13.1 Å². The number of nitrogens with zero attached hydrogens (tertiary/aromatic N) is 1. The molecule has 2 heterocycles. The standard InChI is InChI=1S/C35H57N5O8S/c1-8-10-14-23(27(41)30(43)36-17-9-2)37-29(42)26-25-22(34(25,6)7)20-40(26)31(44)28(33(3,4)5)38-32(45)39-35(15-12-11-13-16-35)24-21-48-18-19-49(24,46)47/h9,22-26,28H,2,8,10-21H2,1,3-7H3,(H,36,43)(H,37,42)(H2,38,39,45)/t22-,23-,24-,25-,26-,28+/m0/s1. The number of urea groups is 1. The molecule has 2 aliphatic heterocycles. The third-order valence-corrected chi connectivity index (χ3v) is 13.4. The maximum absolute atomic E-state index is 14.5. The summed E-state index contributed by atoms with van der Waals surface area (Å²) in [6.07, 6.45) is 6.52. The number of nitrogens with one attached hydrogen (secondary N) is 4. The van der Waals surface area contributed by atoms with Crippen molar-refractivity contribution >= 4 is 39.4 Å². The smallest absolute Gasteiger partial charge is 0.315 e. The van der Waals surface area contributed by atoms with Gasteiger partial charge in [-0.3, -0.25) is 19.2 Å². The van der Waals surface area contributed by atoms with Crippen molar-refractivity contribution in [1.29, 1.82) is 0 Å². The van der Waals surface area contributed by atoms with Crippen LogP contribution in [0.4, 0.5) is 4.79 Å². The zero-order chi connectivity index (χ0) is 36.4. The van der Waals surface area contributed by atoms with E-state index in [2.05, 4.69) is 27.8 Å². The lowest BCUT2D eigenvalue weighted by Crippen LogP contribution is -2.67. The van der Waals surface area contributed by atoms with Crippen LogP contribution in [0.3, 0.4) is 0 Å². The number of ether oxygens (including phenoxy) is 1. The molecule has 4 N–H and O–H groups in total. The highest BCUT2D eigenvalue weighted by Gasteiger charge is 2.70. The van der Waals surface area contributed by atoms with Crippen molar-refractivity contribution in [1.82, 2.24) is 26.2 Å². The molecule has 4 aliphatic rings. The first-order valence-corrected chi connectivity index (χ1v) is 19.5. The molecule has 4 fully saturated rings. The fraction of sp³-hybridized carbons (Fsp3) is 0.800. The largest absolute Gasteiger partial charge is 0.379 e. The normalized spacial score (nSPS) is 27.8. The van der Waals surface area contributed by atoms with Crippen molar-refractivity contribution in [2.75, 3.05) is 32.1 Å². The molecule has 0 aromatic carbocycles. The molecule has 13 nitrogen and oxygen atoms in total. The summed E-state index contributed by atoms with van der Waals surface area (Å²) in [5.41, 5.74) is -2.01. The number of rotatable bonds is 13. The zero-order valence-electron chi connectivity index (χ0n) is 30.1. The summed E-state index contributed by atoms with van der Waals surface area (Å²) in [5, 5.41) is 10.3. The second kappa shape index (κ2) is 15.1. The van der Waals surface area contributed by atoms with Gasteiger partial charge < -0.3 is 30.9 Å². The Morgan fingerprint density at radius 3 is 2.33 bits per heavy atom. The first-order chi connectivity index (χ1) is 22.9. The van der Waals surface area contributed by atoms with Crippen LogP contribution in [0.15, 0.2) is 12.7 Å². The number of fused-ring (bicyclic) bond motifs is 1. The topological polar surface area (TPSA) is 180 Å². The highest BCUT2D eigenvalue weighted by Crippen LogP contribution is 2.65. The maximum atomic E-state index is 14.5. The number of sulfone groups is 1. The van der Waals surface area contributed by atoms with Crippen molar-refractivity contribution in [2.24, 2.45) is 22.7 Å². The molecular weight excluding hydrogens is 650 g/mol. The molecule has 0 spiro atoms. The van der Waals surface area contributed by atoms with E-state index >= 15 is 0 Å². The van der Waals surface area contributed by atoms with E-state index in [1.165, 1.54) is 11.0 Å². The summed E-state index contributed by atoms with van der Waals surface area (Å²) < 4.78 is 31.9. The molecule has 49 heavy (non-hydrogen) atoms. The number of ketones is 1. The van der Waals surface area contributed by atoms with Crippen LogP contribution in [0.2, 0.25) is 0 Å². The number of unbranched alkanes of at least 4 members (excludes halogenated alkanes) is 1. The molecule has 2 saturated heterocycles. The quantitative estimate of drug-likeness (QED) is 0.166. The lowest BCUT2D eigenvalue weighted by molar-refractivity contribution is -0.145. The van der Waals surface area contributed by atoms with Gasteiger partial charge in [0.05, 0.1) is 30.5 Å². The lowest BCUT2D eigenvalue weighted by atomic mass is 9.79. The van der Waals surface area contributed by atoms with Crippen LogP contribution in [0.5, 0.6) is 0 Å². The number of amides is 5. The second-order valence-corrected chi connectivity index (χ2v) is 18.3. The number of likely N-dealkylation sites (tertiary alicyclic amines) is 1. The van der Waals surface area contributed by atoms with E-state index < -0.39 is 73.7 Å². The fourth-order valence-corrected chi connectivity index (χ4v) is 10.1. The Labute approximate surface area is 291 Å². The van der Waals surface area contributed by atoms with Crippen LogP contribution >= 0.6 is 0 Å². The third kappa shape index (κ3) is 8.32. The number of carbonyl (C=O) groups is 5. The van der Waals surface area contributed by atoms with E-state index in [0.717, 1.165) is 25.7 Å². The summed E-state index contributed by atoms with van der Waals surface area (Å²) >= 11 is 0. The Kier molecular flexibility index (Phi) is 11.9. The molecule has 0 aromatic heterocycles. The van der Waals surface area contributed by atoms with Gasteiger partial charge in [0.2, 0.25) is 17.6 Å². The predicted molar refractivity (Wildman–Crippen MR) is 185 cm³/mol. The first-order valence-electron chi connectivity index (χ1n) is 17.8. The fourth-order valence-electron chi connectivity index (χ4n) is 8.19. The molecule has 5 amide bonds. The van der Waals surface area contributed by atoms with Crippen LogP contribution in [-0.4, -0.2) is 104 Å². The Bertz CT molecular complexity index is 1400. The van der Waals surface area contributed by atoms with E-state index in [0.29, 0.717) is 25.8 Å². The number of Topliss-reactive ketones (excluding diaryl/α,β-unsaturated/α-hetero) is 1. The average Bonchev–Trinajstić information content (AvgIpc) is 3.33. The maximum Gasteiger partial charge on any atom is 0.315 e. The Balaban J connectivity index is 1.56. The molecule has 0 bridgehead atoms. The van der Waals surface area contributed by atoms with Crippen molar-refractivity contribution in [3.05, 3.63) is 12.7 Å². The highest BCUT2D eigenvalue weighted by atomic mass is 32.2. The second-order valence-electron chi connectivity index (χ2n) is 16.0. The third-order valence-electron chi connectivity index (χ3n) is 11.2. The van der Waals surface area contributed by atoms with E-state index in [-0.39, 0.29) is 49.2 Å². The summed E-state index contributed by atoms with van der Waals surface area (Å²) in [6.45, 7) is 15.6. The molecule has 0 radical (unpaired) electrons. The predicted octanol–water partition coefficient (Wildman–Crippen LogP) is 2.25. The Hall–Kier alpha value is -3.00. The molecule has 2 saturated carbocycles. The first kappa shape index (κ1) is 38.8. The monoisotopic (exact) mass is 707 g/mol. The van der Waals surface area contributed by atoms with Gasteiger partial charge in [0.15, 0.2) is 9.84 Å². The SMILES string of the molecule is C=CCNC(=O)C(=O)[C@H](CCCC)NC(=O)[C@@H]1[C@@H]2[C@H](CN1C(=O)[C@@H](NC(=O)NC1([C@@H]3COCCS3(=O)=O)CCCCC1)C(C)(C)C)C2(C)C. The Morgan fingerprint density at radius 1 is 1.06 bits per heavy atom. The van der Waals surface area contributed by atoms with E-state index in [1.807, 2.05) is 41.5 Å². The molecular formula is C35H57N5O8S. The Morgan fingerprint density at radius 2 is 1.73 bits per heavy atom. The van der Waals surface area contributed by atoms with Crippen LogP contribution < -0.4 is 21.3 Å². The minimum Gasteiger partial charge on any atom is -0.379 e. The van der Waals surface area contributed by atoms with Gasteiger partial charge in [0.1, 0.15) is 17.3 Å². The number of hydrogen-bond donors (Lipinski definition) is 4. The number of carbonyl (C=O) groups excluding carboxylic acids is 5. The van der Waals surface area contributed by atoms with Crippen molar-refractivity contribution in [2.45, 2.75) is 122 Å². The van der Waals surface area contributed by atoms with Crippen molar-refractivity contribution in [3.63, 3.8) is 0 Å². The lowest BCUT2D eigenvalue weighted by Gasteiger charge is -2.45. The molecule has 0 unspecified atom stereocenters. The molecule has 0 aromatic rings. The zero-order valence-corrected chi connectivity index (χ0v) is 30.9.